The predicted octanol–water partition coefficient (Wildman–Crippen LogP) is 1.72. The zero-order valence-corrected chi connectivity index (χ0v) is 14.2. The molecule has 0 bridgehead atoms. The highest BCUT2D eigenvalue weighted by atomic mass is 16.2. The maximum atomic E-state index is 12.6. The lowest BCUT2D eigenvalue weighted by molar-refractivity contribution is -0.134. The summed E-state index contributed by atoms with van der Waals surface area (Å²) in [7, 11) is 1.98. The smallest absolute Gasteiger partial charge is 0.236 e. The molecule has 0 radical (unpaired) electrons. The molecule has 1 N–H and O–H groups in total. The molecule has 3 rings (SSSR count). The van der Waals surface area contributed by atoms with Gasteiger partial charge in [-0.25, -0.2) is 0 Å². The molecule has 24 heavy (non-hydrogen) atoms. The molecule has 2 aromatic heterocycles. The van der Waals surface area contributed by atoms with Crippen LogP contribution in [0.3, 0.4) is 0 Å². The Balaban J connectivity index is 1.48. The van der Waals surface area contributed by atoms with Gasteiger partial charge in [0, 0.05) is 43.9 Å². The summed E-state index contributed by atoms with van der Waals surface area (Å²) in [6, 6.07) is 5.98. The van der Waals surface area contributed by atoms with E-state index in [9.17, 15) is 4.79 Å². The van der Waals surface area contributed by atoms with Crippen LogP contribution in [0.4, 0.5) is 0 Å². The van der Waals surface area contributed by atoms with Crippen molar-refractivity contribution in [2.24, 2.45) is 5.92 Å². The minimum Gasteiger partial charge on any atom is -0.341 e. The summed E-state index contributed by atoms with van der Waals surface area (Å²) >= 11 is 0. The lowest BCUT2D eigenvalue weighted by Crippen LogP contribution is -2.44. The Labute approximate surface area is 142 Å². The highest BCUT2D eigenvalue weighted by Crippen LogP contribution is 2.20. The number of likely N-dealkylation sites (N-methyl/N-ethyl adjacent to an activating group) is 1. The van der Waals surface area contributed by atoms with Crippen LogP contribution in [0.15, 0.2) is 36.8 Å². The Bertz CT molecular complexity index is 628. The van der Waals surface area contributed by atoms with Crippen molar-refractivity contribution in [2.75, 3.05) is 26.7 Å². The number of rotatable bonds is 6. The molecular weight excluding hydrogens is 302 g/mol. The minimum absolute atomic E-state index is 0.218. The third kappa shape index (κ3) is 4.64. The van der Waals surface area contributed by atoms with Gasteiger partial charge in [0.2, 0.25) is 5.91 Å². The van der Waals surface area contributed by atoms with E-state index in [2.05, 4.69) is 20.1 Å². The number of aromatic amines is 1. The minimum atomic E-state index is 0.218. The van der Waals surface area contributed by atoms with Gasteiger partial charge in [-0.2, -0.15) is 5.10 Å². The van der Waals surface area contributed by atoms with Gasteiger partial charge in [-0.3, -0.25) is 19.8 Å². The Kier molecular flexibility index (Phi) is 5.59. The fraction of sp³-hybridized carbons (Fsp3) is 0.500. The molecule has 0 saturated carbocycles. The van der Waals surface area contributed by atoms with Crippen molar-refractivity contribution in [3.63, 3.8) is 0 Å². The second-order valence-electron chi connectivity index (χ2n) is 6.67. The number of aromatic nitrogens is 3. The molecule has 1 saturated heterocycles. The van der Waals surface area contributed by atoms with E-state index >= 15 is 0 Å². The molecule has 0 spiro atoms. The summed E-state index contributed by atoms with van der Waals surface area (Å²) in [5.74, 6) is 0.738. The van der Waals surface area contributed by atoms with Crippen LogP contribution in [0.2, 0.25) is 0 Å². The summed E-state index contributed by atoms with van der Waals surface area (Å²) in [5.41, 5.74) is 2.28. The van der Waals surface area contributed by atoms with Crippen molar-refractivity contribution in [1.29, 1.82) is 0 Å². The zero-order valence-electron chi connectivity index (χ0n) is 14.2. The largest absolute Gasteiger partial charge is 0.341 e. The van der Waals surface area contributed by atoms with Gasteiger partial charge in [0.1, 0.15) is 0 Å². The first-order chi connectivity index (χ1) is 11.7. The maximum absolute atomic E-state index is 12.6. The number of pyridine rings is 1. The van der Waals surface area contributed by atoms with Crippen LogP contribution in [0, 0.1) is 5.92 Å². The van der Waals surface area contributed by atoms with Crippen molar-refractivity contribution in [2.45, 2.75) is 25.8 Å². The lowest BCUT2D eigenvalue weighted by atomic mass is 9.93. The van der Waals surface area contributed by atoms with E-state index in [-0.39, 0.29) is 5.91 Å². The molecule has 3 heterocycles. The number of piperidine rings is 1. The van der Waals surface area contributed by atoms with Crippen LogP contribution in [0.25, 0.3) is 0 Å². The molecule has 6 nitrogen and oxygen atoms in total. The van der Waals surface area contributed by atoms with E-state index in [1.807, 2.05) is 36.3 Å². The molecule has 1 atom stereocenters. The van der Waals surface area contributed by atoms with Crippen molar-refractivity contribution in [1.82, 2.24) is 25.0 Å². The summed E-state index contributed by atoms with van der Waals surface area (Å²) in [6.45, 7) is 2.91. The molecule has 1 fully saturated rings. The van der Waals surface area contributed by atoms with Gasteiger partial charge in [0.05, 0.1) is 6.54 Å². The normalized spacial score (nSPS) is 18.1. The van der Waals surface area contributed by atoms with E-state index in [1.165, 1.54) is 6.42 Å². The quantitative estimate of drug-likeness (QED) is 0.877. The van der Waals surface area contributed by atoms with Crippen LogP contribution < -0.4 is 0 Å². The second kappa shape index (κ2) is 8.06. The number of hydrogen-bond acceptors (Lipinski definition) is 4. The zero-order chi connectivity index (χ0) is 16.8. The number of carbonyl (C=O) groups is 1. The fourth-order valence-corrected chi connectivity index (χ4v) is 3.36. The summed E-state index contributed by atoms with van der Waals surface area (Å²) in [4.78, 5) is 20.8. The van der Waals surface area contributed by atoms with Gasteiger partial charge < -0.3 is 4.90 Å². The van der Waals surface area contributed by atoms with E-state index in [0.29, 0.717) is 12.5 Å². The molecule has 1 unspecified atom stereocenters. The Morgan fingerprint density at radius 3 is 3.08 bits per heavy atom. The van der Waals surface area contributed by atoms with Crippen LogP contribution >= 0.6 is 0 Å². The average Bonchev–Trinajstić information content (AvgIpc) is 3.09. The van der Waals surface area contributed by atoms with Gasteiger partial charge >= 0.3 is 0 Å². The molecular formula is C18H25N5O. The van der Waals surface area contributed by atoms with Crippen LogP contribution in [-0.2, 0) is 17.8 Å². The van der Waals surface area contributed by atoms with Crippen molar-refractivity contribution in [3.8, 4) is 0 Å². The van der Waals surface area contributed by atoms with Crippen molar-refractivity contribution >= 4 is 5.91 Å². The topological polar surface area (TPSA) is 65.1 Å². The predicted molar refractivity (Wildman–Crippen MR) is 92.2 cm³/mol. The number of H-pyrrole nitrogens is 1. The average molecular weight is 327 g/mol. The molecule has 6 heteroatoms. The monoisotopic (exact) mass is 327 g/mol. The van der Waals surface area contributed by atoms with Gasteiger partial charge in [0.15, 0.2) is 0 Å². The molecule has 0 aromatic carbocycles. The summed E-state index contributed by atoms with van der Waals surface area (Å²) in [6.07, 6.45) is 8.62. The number of carbonyl (C=O) groups excluding carboxylic acids is 1. The van der Waals surface area contributed by atoms with Gasteiger partial charge in [-0.15, -0.1) is 0 Å². The first kappa shape index (κ1) is 16.6. The molecule has 0 aliphatic carbocycles. The van der Waals surface area contributed by atoms with Gasteiger partial charge in [0.25, 0.3) is 0 Å². The molecule has 1 aliphatic heterocycles. The summed E-state index contributed by atoms with van der Waals surface area (Å²) in [5, 5.41) is 7.02. The first-order valence-corrected chi connectivity index (χ1v) is 8.54. The molecule has 1 amide bonds. The molecule has 2 aromatic rings. The molecule has 128 valence electrons. The standard InChI is InChI=1S/C18H25N5O/c1-22(12-16-4-2-7-19-11-16)14-18(24)23-9-3-5-15(13-23)10-17-6-8-20-21-17/h2,4,6-8,11,15H,3,5,9-10,12-14H2,1H3,(H,20,21). The molecule has 1 aliphatic rings. The van der Waals surface area contributed by atoms with E-state index in [0.717, 1.165) is 43.7 Å². The van der Waals surface area contributed by atoms with E-state index < -0.39 is 0 Å². The Hall–Kier alpha value is -2.21. The number of nitrogens with one attached hydrogen (secondary N) is 1. The first-order valence-electron chi connectivity index (χ1n) is 8.54. The number of hydrogen-bond donors (Lipinski definition) is 1. The highest BCUT2D eigenvalue weighted by Gasteiger charge is 2.24. The third-order valence-electron chi connectivity index (χ3n) is 4.52. The van der Waals surface area contributed by atoms with Crippen LogP contribution in [-0.4, -0.2) is 57.6 Å². The van der Waals surface area contributed by atoms with Crippen molar-refractivity contribution < 1.29 is 4.79 Å². The van der Waals surface area contributed by atoms with E-state index in [4.69, 9.17) is 0 Å². The lowest BCUT2D eigenvalue weighted by Gasteiger charge is -2.33. The van der Waals surface area contributed by atoms with E-state index in [1.54, 1.807) is 12.4 Å². The SMILES string of the molecule is CN(CC(=O)N1CCCC(Cc2ccn[nH]2)C1)Cc1cccnc1. The van der Waals surface area contributed by atoms with Crippen LogP contribution in [0.1, 0.15) is 24.1 Å². The maximum Gasteiger partial charge on any atom is 0.236 e. The second-order valence-corrected chi connectivity index (χ2v) is 6.67. The summed E-state index contributed by atoms with van der Waals surface area (Å²) < 4.78 is 0. The number of nitrogens with zero attached hydrogens (tertiary/aromatic N) is 4. The van der Waals surface area contributed by atoms with Crippen molar-refractivity contribution in [3.05, 3.63) is 48.0 Å². The van der Waals surface area contributed by atoms with Gasteiger partial charge in [-0.05, 0) is 49.9 Å². The fourth-order valence-electron chi connectivity index (χ4n) is 3.36. The Morgan fingerprint density at radius 2 is 2.33 bits per heavy atom. The number of amides is 1. The van der Waals surface area contributed by atoms with Crippen LogP contribution in [0.5, 0.6) is 0 Å². The van der Waals surface area contributed by atoms with Gasteiger partial charge in [-0.1, -0.05) is 6.07 Å². The number of likely N-dealkylation sites (tertiary alicyclic amines) is 1. The Morgan fingerprint density at radius 1 is 1.42 bits per heavy atom. The highest BCUT2D eigenvalue weighted by molar-refractivity contribution is 5.78. The third-order valence-corrected chi connectivity index (χ3v) is 4.52.